The summed E-state index contributed by atoms with van der Waals surface area (Å²) >= 11 is 0. The van der Waals surface area contributed by atoms with Crippen LogP contribution in [0.4, 0.5) is 4.79 Å². The van der Waals surface area contributed by atoms with Gasteiger partial charge in [0, 0.05) is 19.0 Å². The van der Waals surface area contributed by atoms with Crippen LogP contribution in [0.1, 0.15) is 71.6 Å². The van der Waals surface area contributed by atoms with Gasteiger partial charge in [0.25, 0.3) is 0 Å². The lowest BCUT2D eigenvalue weighted by molar-refractivity contribution is -0.142. The number of benzene rings is 2. The van der Waals surface area contributed by atoms with Gasteiger partial charge in [-0.2, -0.15) is 0 Å². The molecule has 2 unspecified atom stereocenters. The minimum absolute atomic E-state index is 0.0909. The topological polar surface area (TPSA) is 87.7 Å². The summed E-state index contributed by atoms with van der Waals surface area (Å²) in [7, 11) is 0. The van der Waals surface area contributed by atoms with E-state index in [-0.39, 0.29) is 24.3 Å². The van der Waals surface area contributed by atoms with Crippen molar-refractivity contribution in [2.45, 2.75) is 84.5 Å². The van der Waals surface area contributed by atoms with E-state index < -0.39 is 23.8 Å². The quantitative estimate of drug-likeness (QED) is 0.458. The second-order valence-corrected chi connectivity index (χ2v) is 10.3. The highest BCUT2D eigenvalue weighted by Crippen LogP contribution is 2.24. The molecule has 0 radical (unpaired) electrons. The highest BCUT2D eigenvalue weighted by molar-refractivity contribution is 5.92. The molecule has 0 fully saturated rings. The van der Waals surface area contributed by atoms with E-state index in [2.05, 4.69) is 10.6 Å². The highest BCUT2D eigenvalue weighted by atomic mass is 16.6. The van der Waals surface area contributed by atoms with Crippen molar-refractivity contribution in [3.63, 3.8) is 0 Å². The van der Waals surface area contributed by atoms with Crippen LogP contribution < -0.4 is 10.6 Å². The molecule has 2 aromatic carbocycles. The number of ether oxygens (including phenoxy) is 1. The Balaban J connectivity index is 2.48. The molecule has 0 aliphatic rings. The first-order valence-corrected chi connectivity index (χ1v) is 12.7. The zero-order valence-electron chi connectivity index (χ0n) is 22.4. The molecule has 2 atom stereocenters. The van der Waals surface area contributed by atoms with Crippen molar-refractivity contribution in [2.24, 2.45) is 0 Å². The van der Waals surface area contributed by atoms with E-state index in [1.54, 1.807) is 25.7 Å². The standard InChI is InChI=1S/C29H41N3O4/c1-7-8-19-32(25(26(33)30-21(2)3)23-17-13-10-14-18-23)27(34)24(20-22-15-11-9-12-16-22)31-28(35)36-29(4,5)6/h9-18,21,24-25H,7-8,19-20H2,1-6H3,(H,30,33)(H,31,35). The Morgan fingerprint density at radius 2 is 1.50 bits per heavy atom. The Hall–Kier alpha value is -3.35. The zero-order chi connectivity index (χ0) is 26.7. The predicted octanol–water partition coefficient (Wildman–Crippen LogP) is 5.02. The SMILES string of the molecule is CCCCN(C(=O)C(Cc1ccccc1)NC(=O)OC(C)(C)C)C(C(=O)NC(C)C)c1ccccc1. The average molecular weight is 496 g/mol. The lowest BCUT2D eigenvalue weighted by Crippen LogP contribution is -2.54. The minimum atomic E-state index is -0.905. The van der Waals surface area contributed by atoms with E-state index in [1.807, 2.05) is 81.4 Å². The third-order valence-corrected chi connectivity index (χ3v) is 5.41. The number of alkyl carbamates (subject to hydrolysis) is 1. The van der Waals surface area contributed by atoms with E-state index in [0.29, 0.717) is 13.0 Å². The molecule has 2 aromatic rings. The van der Waals surface area contributed by atoms with Gasteiger partial charge in [0.1, 0.15) is 17.7 Å². The monoisotopic (exact) mass is 495 g/mol. The summed E-state index contributed by atoms with van der Waals surface area (Å²) < 4.78 is 5.46. The number of amides is 3. The van der Waals surface area contributed by atoms with Gasteiger partial charge in [0.2, 0.25) is 11.8 Å². The fourth-order valence-electron chi connectivity index (χ4n) is 3.87. The number of carbonyl (C=O) groups excluding carboxylic acids is 3. The predicted molar refractivity (Wildman–Crippen MR) is 142 cm³/mol. The molecule has 0 aliphatic heterocycles. The van der Waals surface area contributed by atoms with E-state index in [4.69, 9.17) is 4.74 Å². The first-order valence-electron chi connectivity index (χ1n) is 12.7. The van der Waals surface area contributed by atoms with Crippen molar-refractivity contribution in [2.75, 3.05) is 6.54 Å². The van der Waals surface area contributed by atoms with Crippen molar-refractivity contribution in [1.82, 2.24) is 15.5 Å². The van der Waals surface area contributed by atoms with Crippen LogP contribution in [0.15, 0.2) is 60.7 Å². The molecule has 7 nitrogen and oxygen atoms in total. The van der Waals surface area contributed by atoms with Gasteiger partial charge >= 0.3 is 6.09 Å². The Kier molecular flexibility index (Phi) is 11.0. The Morgan fingerprint density at radius 3 is 2.03 bits per heavy atom. The lowest BCUT2D eigenvalue weighted by atomic mass is 9.99. The number of hydrogen-bond donors (Lipinski definition) is 2. The number of hydrogen-bond acceptors (Lipinski definition) is 4. The molecule has 0 saturated heterocycles. The van der Waals surface area contributed by atoms with E-state index in [9.17, 15) is 14.4 Å². The molecule has 2 rings (SSSR count). The maximum absolute atomic E-state index is 14.1. The summed E-state index contributed by atoms with van der Waals surface area (Å²) in [6.45, 7) is 11.5. The van der Waals surface area contributed by atoms with Gasteiger partial charge in [-0.05, 0) is 52.2 Å². The van der Waals surface area contributed by atoms with Crippen molar-refractivity contribution < 1.29 is 19.1 Å². The van der Waals surface area contributed by atoms with E-state index in [1.165, 1.54) is 0 Å². The molecule has 196 valence electrons. The average Bonchev–Trinajstić information content (AvgIpc) is 2.80. The molecule has 0 spiro atoms. The van der Waals surface area contributed by atoms with Crippen LogP contribution in [0.2, 0.25) is 0 Å². The van der Waals surface area contributed by atoms with Crippen LogP contribution in [0, 0.1) is 0 Å². The molecule has 36 heavy (non-hydrogen) atoms. The normalized spacial score (nSPS) is 13.0. The van der Waals surface area contributed by atoms with E-state index >= 15 is 0 Å². The van der Waals surface area contributed by atoms with Crippen LogP contribution in [0.3, 0.4) is 0 Å². The smallest absolute Gasteiger partial charge is 0.408 e. The second kappa shape index (κ2) is 13.7. The fourth-order valence-corrected chi connectivity index (χ4v) is 3.87. The number of nitrogens with zero attached hydrogens (tertiary/aromatic N) is 1. The summed E-state index contributed by atoms with van der Waals surface area (Å²) in [5, 5.41) is 5.75. The summed E-state index contributed by atoms with van der Waals surface area (Å²) in [5.74, 6) is -0.581. The van der Waals surface area contributed by atoms with Crippen molar-refractivity contribution in [3.05, 3.63) is 71.8 Å². The van der Waals surface area contributed by atoms with Gasteiger partial charge in [0.05, 0.1) is 0 Å². The molecular formula is C29H41N3O4. The molecule has 0 aliphatic carbocycles. The van der Waals surface area contributed by atoms with E-state index in [0.717, 1.165) is 17.5 Å². The summed E-state index contributed by atoms with van der Waals surface area (Å²) in [4.78, 5) is 41.9. The van der Waals surface area contributed by atoms with Gasteiger partial charge in [0.15, 0.2) is 0 Å². The van der Waals surface area contributed by atoms with Gasteiger partial charge in [-0.1, -0.05) is 74.0 Å². The molecular weight excluding hydrogens is 454 g/mol. The number of carbonyl (C=O) groups is 3. The Bertz CT molecular complexity index is 971. The summed E-state index contributed by atoms with van der Waals surface area (Å²) in [5.41, 5.74) is 0.900. The lowest BCUT2D eigenvalue weighted by Gasteiger charge is -2.35. The first-order chi connectivity index (χ1) is 17.0. The first kappa shape index (κ1) is 28.9. The van der Waals surface area contributed by atoms with Gasteiger partial charge in [-0.25, -0.2) is 4.79 Å². The van der Waals surface area contributed by atoms with Gasteiger partial charge in [-0.15, -0.1) is 0 Å². The van der Waals surface area contributed by atoms with Crippen LogP contribution in [0.25, 0.3) is 0 Å². The summed E-state index contributed by atoms with van der Waals surface area (Å²) in [6, 6.07) is 17.0. The van der Waals surface area contributed by atoms with Gasteiger partial charge in [-0.3, -0.25) is 9.59 Å². The second-order valence-electron chi connectivity index (χ2n) is 10.3. The Morgan fingerprint density at radius 1 is 0.917 bits per heavy atom. The summed E-state index contributed by atoms with van der Waals surface area (Å²) in [6.07, 6.45) is 1.17. The van der Waals surface area contributed by atoms with Crippen LogP contribution in [-0.2, 0) is 20.7 Å². The number of nitrogens with one attached hydrogen (secondary N) is 2. The molecule has 0 aromatic heterocycles. The Labute approximate surface area is 215 Å². The van der Waals surface area contributed by atoms with Crippen LogP contribution in [0.5, 0.6) is 0 Å². The van der Waals surface area contributed by atoms with Crippen LogP contribution >= 0.6 is 0 Å². The minimum Gasteiger partial charge on any atom is -0.444 e. The molecule has 7 heteroatoms. The van der Waals surface area contributed by atoms with Crippen molar-refractivity contribution in [3.8, 4) is 0 Å². The molecule has 0 heterocycles. The number of rotatable bonds is 11. The highest BCUT2D eigenvalue weighted by Gasteiger charge is 2.36. The van der Waals surface area contributed by atoms with Crippen molar-refractivity contribution >= 4 is 17.9 Å². The van der Waals surface area contributed by atoms with Gasteiger partial charge < -0.3 is 20.3 Å². The molecule has 0 saturated carbocycles. The third-order valence-electron chi connectivity index (χ3n) is 5.41. The largest absolute Gasteiger partial charge is 0.444 e. The zero-order valence-corrected chi connectivity index (χ0v) is 22.4. The maximum atomic E-state index is 14.1. The molecule has 3 amide bonds. The van der Waals surface area contributed by atoms with Crippen LogP contribution in [-0.4, -0.2) is 47.0 Å². The number of unbranched alkanes of at least 4 members (excludes halogenated alkanes) is 1. The molecule has 2 N–H and O–H groups in total. The molecule has 0 bridgehead atoms. The van der Waals surface area contributed by atoms with Crippen molar-refractivity contribution in [1.29, 1.82) is 0 Å². The fraction of sp³-hybridized carbons (Fsp3) is 0.483. The third kappa shape index (κ3) is 9.36. The maximum Gasteiger partial charge on any atom is 0.408 e.